The first-order valence-electron chi connectivity index (χ1n) is 4.13. The fraction of sp³-hybridized carbons (Fsp3) is 0.625. The number of carbonyl (C=O) groups is 3. The normalized spacial score (nSPS) is 11.6. The summed E-state index contributed by atoms with van der Waals surface area (Å²) in [6.07, 6.45) is 0.279. The predicted molar refractivity (Wildman–Crippen MR) is 46.5 cm³/mol. The summed E-state index contributed by atoms with van der Waals surface area (Å²) >= 11 is 0. The van der Waals surface area contributed by atoms with Crippen molar-refractivity contribution in [2.45, 2.75) is 26.3 Å². The van der Waals surface area contributed by atoms with Gasteiger partial charge in [-0.05, 0) is 6.42 Å². The number of aliphatic carboxylic acids is 1. The van der Waals surface area contributed by atoms with Crippen LogP contribution in [0.1, 0.15) is 20.3 Å². The maximum atomic E-state index is 11.0. The van der Waals surface area contributed by atoms with Crippen molar-refractivity contribution < 1.29 is 24.2 Å². The van der Waals surface area contributed by atoms with Gasteiger partial charge in [0.25, 0.3) is 5.91 Å². The summed E-state index contributed by atoms with van der Waals surface area (Å²) in [4.78, 5) is 31.8. The Bertz CT molecular complexity index is 238. The van der Waals surface area contributed by atoms with Crippen LogP contribution in [-0.4, -0.2) is 35.6 Å². The third kappa shape index (κ3) is 5.13. The molecule has 0 saturated heterocycles. The summed E-state index contributed by atoms with van der Waals surface area (Å²) < 4.78 is 4.38. The van der Waals surface area contributed by atoms with Crippen LogP contribution in [0, 0.1) is 0 Å². The Balaban J connectivity index is 3.91. The van der Waals surface area contributed by atoms with Crippen molar-refractivity contribution in [2.24, 2.45) is 0 Å². The first kappa shape index (κ1) is 12.4. The van der Waals surface area contributed by atoms with Gasteiger partial charge in [-0.15, -0.1) is 0 Å². The highest BCUT2D eigenvalue weighted by molar-refractivity contribution is 5.85. The molecule has 0 rings (SSSR count). The van der Waals surface area contributed by atoms with Gasteiger partial charge in [0.1, 0.15) is 6.04 Å². The van der Waals surface area contributed by atoms with E-state index in [0.717, 1.165) is 0 Å². The Kier molecular flexibility index (Phi) is 5.28. The molecule has 1 amide bonds. The number of nitrogens with one attached hydrogen (secondary N) is 1. The minimum atomic E-state index is -1.11. The van der Waals surface area contributed by atoms with Crippen LogP contribution in [0.4, 0.5) is 0 Å². The third-order valence-electron chi connectivity index (χ3n) is 1.45. The highest BCUT2D eigenvalue weighted by Gasteiger charge is 2.17. The van der Waals surface area contributed by atoms with Crippen LogP contribution in [0.15, 0.2) is 0 Å². The van der Waals surface area contributed by atoms with Crippen LogP contribution in [0.25, 0.3) is 0 Å². The molecule has 0 saturated carbocycles. The number of carbonyl (C=O) groups excluding carboxylic acids is 2. The van der Waals surface area contributed by atoms with Gasteiger partial charge in [-0.2, -0.15) is 0 Å². The summed E-state index contributed by atoms with van der Waals surface area (Å²) in [5, 5.41) is 10.8. The first-order valence-corrected chi connectivity index (χ1v) is 4.13. The fourth-order valence-corrected chi connectivity index (χ4v) is 0.742. The standard InChI is InChI=1S/C8H13NO5/c1-3-6(8(12)13)9-7(11)4-14-5(2)10/h6H,3-4H2,1-2H3,(H,9,11)(H,12,13)/t6-/m0/s1. The third-order valence-corrected chi connectivity index (χ3v) is 1.45. The Morgan fingerprint density at radius 2 is 2.00 bits per heavy atom. The summed E-state index contributed by atoms with van der Waals surface area (Å²) in [5.74, 6) is -2.30. The van der Waals surface area contributed by atoms with E-state index in [-0.39, 0.29) is 6.42 Å². The smallest absolute Gasteiger partial charge is 0.326 e. The van der Waals surface area contributed by atoms with Gasteiger partial charge in [0, 0.05) is 6.92 Å². The second-order valence-electron chi connectivity index (χ2n) is 2.65. The van der Waals surface area contributed by atoms with Crippen LogP contribution >= 0.6 is 0 Å². The summed E-state index contributed by atoms with van der Waals surface area (Å²) in [6, 6.07) is -0.932. The second-order valence-corrected chi connectivity index (χ2v) is 2.65. The van der Waals surface area contributed by atoms with Crippen molar-refractivity contribution in [2.75, 3.05) is 6.61 Å². The average Bonchev–Trinajstić information content (AvgIpc) is 2.10. The van der Waals surface area contributed by atoms with Gasteiger partial charge in [0.15, 0.2) is 6.61 Å². The molecule has 6 nitrogen and oxygen atoms in total. The van der Waals surface area contributed by atoms with Crippen molar-refractivity contribution in [3.8, 4) is 0 Å². The minimum Gasteiger partial charge on any atom is -0.480 e. The van der Waals surface area contributed by atoms with Crippen LogP contribution in [0.5, 0.6) is 0 Å². The first-order chi connectivity index (χ1) is 6.47. The molecule has 0 unspecified atom stereocenters. The Labute approximate surface area is 81.2 Å². The van der Waals surface area contributed by atoms with Crippen LogP contribution in [-0.2, 0) is 19.1 Å². The molecule has 0 bridgehead atoms. The number of rotatable bonds is 5. The van der Waals surface area contributed by atoms with E-state index in [1.807, 2.05) is 0 Å². The Hall–Kier alpha value is -1.59. The van der Waals surface area contributed by atoms with E-state index in [9.17, 15) is 14.4 Å². The number of hydrogen-bond donors (Lipinski definition) is 2. The molecule has 80 valence electrons. The van der Waals surface area contributed by atoms with Gasteiger partial charge in [-0.25, -0.2) is 4.79 Å². The highest BCUT2D eigenvalue weighted by atomic mass is 16.5. The molecule has 0 spiro atoms. The highest BCUT2D eigenvalue weighted by Crippen LogP contribution is 1.90. The molecule has 14 heavy (non-hydrogen) atoms. The molecule has 0 fully saturated rings. The van der Waals surface area contributed by atoms with Gasteiger partial charge in [0.2, 0.25) is 0 Å². The zero-order chi connectivity index (χ0) is 11.1. The maximum Gasteiger partial charge on any atom is 0.326 e. The van der Waals surface area contributed by atoms with E-state index in [2.05, 4.69) is 10.1 Å². The summed E-state index contributed by atoms with van der Waals surface area (Å²) in [5.41, 5.74) is 0. The lowest BCUT2D eigenvalue weighted by Crippen LogP contribution is -2.42. The number of carboxylic acid groups (broad SMARTS) is 1. The number of esters is 1. The van der Waals surface area contributed by atoms with E-state index in [1.165, 1.54) is 6.92 Å². The van der Waals surface area contributed by atoms with Crippen molar-refractivity contribution in [3.63, 3.8) is 0 Å². The second kappa shape index (κ2) is 5.95. The van der Waals surface area contributed by atoms with Gasteiger partial charge in [-0.3, -0.25) is 9.59 Å². The molecule has 1 atom stereocenters. The lowest BCUT2D eigenvalue weighted by Gasteiger charge is -2.11. The van der Waals surface area contributed by atoms with Gasteiger partial charge in [-0.1, -0.05) is 6.92 Å². The van der Waals surface area contributed by atoms with E-state index < -0.39 is 30.5 Å². The van der Waals surface area contributed by atoms with Crippen molar-refractivity contribution in [1.29, 1.82) is 0 Å². The van der Waals surface area contributed by atoms with Crippen LogP contribution in [0.3, 0.4) is 0 Å². The Morgan fingerprint density at radius 3 is 2.36 bits per heavy atom. The topological polar surface area (TPSA) is 92.7 Å². The van der Waals surface area contributed by atoms with E-state index >= 15 is 0 Å². The molecular formula is C8H13NO5. The maximum absolute atomic E-state index is 11.0. The molecule has 0 aromatic carbocycles. The molecule has 0 aliphatic heterocycles. The average molecular weight is 203 g/mol. The van der Waals surface area contributed by atoms with E-state index in [1.54, 1.807) is 6.92 Å². The van der Waals surface area contributed by atoms with Crippen molar-refractivity contribution >= 4 is 17.8 Å². The van der Waals surface area contributed by atoms with Crippen molar-refractivity contribution in [3.05, 3.63) is 0 Å². The van der Waals surface area contributed by atoms with Gasteiger partial charge >= 0.3 is 11.9 Å². The quantitative estimate of drug-likeness (QED) is 0.589. The van der Waals surface area contributed by atoms with E-state index in [4.69, 9.17) is 5.11 Å². The fourth-order valence-electron chi connectivity index (χ4n) is 0.742. The van der Waals surface area contributed by atoms with Gasteiger partial charge in [0.05, 0.1) is 0 Å². The van der Waals surface area contributed by atoms with E-state index in [0.29, 0.717) is 0 Å². The van der Waals surface area contributed by atoms with Crippen LogP contribution in [0.2, 0.25) is 0 Å². The predicted octanol–water partition coefficient (Wildman–Crippen LogP) is -0.471. The number of hydrogen-bond acceptors (Lipinski definition) is 4. The zero-order valence-corrected chi connectivity index (χ0v) is 8.07. The number of ether oxygens (including phenoxy) is 1. The van der Waals surface area contributed by atoms with Crippen LogP contribution < -0.4 is 5.32 Å². The summed E-state index contributed by atoms with van der Waals surface area (Å²) in [6.45, 7) is 2.35. The summed E-state index contributed by atoms with van der Waals surface area (Å²) in [7, 11) is 0. The van der Waals surface area contributed by atoms with Gasteiger partial charge < -0.3 is 15.2 Å². The molecule has 6 heteroatoms. The lowest BCUT2D eigenvalue weighted by molar-refractivity contribution is -0.148. The lowest BCUT2D eigenvalue weighted by atomic mass is 10.2. The molecule has 0 aromatic rings. The largest absolute Gasteiger partial charge is 0.480 e. The molecule has 0 radical (unpaired) electrons. The zero-order valence-electron chi connectivity index (χ0n) is 8.07. The molecule has 2 N–H and O–H groups in total. The minimum absolute atomic E-state index is 0.279. The SMILES string of the molecule is CC[C@H](NC(=O)COC(C)=O)C(=O)O. The monoisotopic (exact) mass is 203 g/mol. The number of amides is 1. The molecule has 0 aliphatic carbocycles. The Morgan fingerprint density at radius 1 is 1.43 bits per heavy atom. The molecule has 0 heterocycles. The molecule has 0 aliphatic rings. The molecular weight excluding hydrogens is 190 g/mol. The molecule has 0 aromatic heterocycles. The van der Waals surface area contributed by atoms with Crippen molar-refractivity contribution in [1.82, 2.24) is 5.32 Å². The number of carboxylic acids is 1.